The molecule has 5 rings (SSSR count). The lowest BCUT2D eigenvalue weighted by molar-refractivity contribution is -0.127. The molecule has 0 unspecified atom stereocenters. The van der Waals surface area contributed by atoms with E-state index in [-0.39, 0.29) is 11.7 Å². The van der Waals surface area contributed by atoms with Crippen molar-refractivity contribution in [2.45, 2.75) is 24.5 Å². The minimum absolute atomic E-state index is 0.152. The Kier molecular flexibility index (Phi) is 4.71. The van der Waals surface area contributed by atoms with Gasteiger partial charge in [-0.1, -0.05) is 36.0 Å². The zero-order chi connectivity index (χ0) is 19.8. The van der Waals surface area contributed by atoms with E-state index in [1.807, 2.05) is 33.6 Å². The molecule has 4 aromatic rings. The number of carbonyl (C=O) groups is 1. The van der Waals surface area contributed by atoms with Crippen molar-refractivity contribution >= 4 is 34.5 Å². The molecule has 1 aliphatic heterocycles. The number of amides is 1. The maximum atomic E-state index is 13.3. The molecule has 8 heteroatoms. The van der Waals surface area contributed by atoms with E-state index in [1.165, 1.54) is 23.9 Å². The van der Waals surface area contributed by atoms with Crippen LogP contribution in [-0.2, 0) is 11.3 Å². The molecule has 0 bridgehead atoms. The number of likely N-dealkylation sites (tertiary alicyclic amines) is 1. The predicted molar refractivity (Wildman–Crippen MR) is 111 cm³/mol. The number of thioether (sulfide) groups is 1. The average molecular weight is 409 g/mol. The van der Waals surface area contributed by atoms with Crippen molar-refractivity contribution < 1.29 is 9.18 Å². The summed E-state index contributed by atoms with van der Waals surface area (Å²) in [7, 11) is 0. The van der Waals surface area contributed by atoms with E-state index in [0.717, 1.165) is 42.5 Å². The third kappa shape index (κ3) is 3.37. The molecule has 3 heterocycles. The fourth-order valence-electron chi connectivity index (χ4n) is 3.84. The smallest absolute Gasteiger partial charge is 0.237 e. The van der Waals surface area contributed by atoms with E-state index >= 15 is 0 Å². The summed E-state index contributed by atoms with van der Waals surface area (Å²) < 4.78 is 17.3. The van der Waals surface area contributed by atoms with Crippen LogP contribution in [0.5, 0.6) is 0 Å². The molecular formula is C21H20FN5OS. The fourth-order valence-corrected chi connectivity index (χ4v) is 4.69. The average Bonchev–Trinajstić information content (AvgIpc) is 3.46. The zero-order valence-electron chi connectivity index (χ0n) is 15.8. The van der Waals surface area contributed by atoms with Crippen LogP contribution in [0.3, 0.4) is 0 Å². The van der Waals surface area contributed by atoms with Gasteiger partial charge in [0.1, 0.15) is 5.82 Å². The number of halogens is 1. The number of carbonyl (C=O) groups excluding carboxylic acids is 1. The first-order chi connectivity index (χ1) is 14.2. The second-order valence-electron chi connectivity index (χ2n) is 7.20. The van der Waals surface area contributed by atoms with Gasteiger partial charge in [-0.25, -0.2) is 4.39 Å². The van der Waals surface area contributed by atoms with Gasteiger partial charge in [0.2, 0.25) is 11.7 Å². The molecule has 1 fully saturated rings. The van der Waals surface area contributed by atoms with Gasteiger partial charge in [0, 0.05) is 13.1 Å². The van der Waals surface area contributed by atoms with Crippen LogP contribution in [0.15, 0.2) is 53.7 Å². The number of para-hydroxylation sites is 2. The largest absolute Gasteiger partial charge is 0.342 e. The molecule has 1 saturated heterocycles. The summed E-state index contributed by atoms with van der Waals surface area (Å²) in [6.45, 7) is 2.27. The van der Waals surface area contributed by atoms with Crippen LogP contribution >= 0.6 is 11.8 Å². The van der Waals surface area contributed by atoms with Crippen LogP contribution < -0.4 is 0 Å². The summed E-state index contributed by atoms with van der Waals surface area (Å²) in [4.78, 5) is 14.3. The Morgan fingerprint density at radius 1 is 1.00 bits per heavy atom. The Morgan fingerprint density at radius 2 is 1.72 bits per heavy atom. The van der Waals surface area contributed by atoms with Crippen molar-refractivity contribution in [3.05, 3.63) is 59.9 Å². The lowest BCUT2D eigenvalue weighted by Crippen LogP contribution is -2.29. The highest BCUT2D eigenvalue weighted by Crippen LogP contribution is 2.27. The quantitative estimate of drug-likeness (QED) is 0.473. The first-order valence-corrected chi connectivity index (χ1v) is 10.7. The van der Waals surface area contributed by atoms with E-state index in [4.69, 9.17) is 0 Å². The van der Waals surface area contributed by atoms with Gasteiger partial charge in [-0.2, -0.15) is 0 Å². The highest BCUT2D eigenvalue weighted by Gasteiger charge is 2.21. The topological polar surface area (TPSA) is 55.4 Å². The van der Waals surface area contributed by atoms with Gasteiger partial charge in [-0.05, 0) is 42.7 Å². The molecule has 2 aromatic heterocycles. The fraction of sp³-hybridized carbons (Fsp3) is 0.286. The molecule has 2 aromatic carbocycles. The van der Waals surface area contributed by atoms with Crippen molar-refractivity contribution in [2.75, 3.05) is 18.8 Å². The molecule has 0 N–H and O–H groups in total. The molecular weight excluding hydrogens is 389 g/mol. The standard InChI is InChI=1S/C21H20FN5OS/c22-16-9-7-15(8-10-16)13-26-17-5-1-2-6-18(17)27-20(26)23-24-21(27)29-14-19(28)25-11-3-4-12-25/h1-2,5-10H,3-4,11-14H2. The minimum Gasteiger partial charge on any atom is -0.342 e. The van der Waals surface area contributed by atoms with E-state index in [9.17, 15) is 9.18 Å². The Balaban J connectivity index is 1.49. The normalized spacial score (nSPS) is 14.3. The maximum Gasteiger partial charge on any atom is 0.237 e. The van der Waals surface area contributed by atoms with Crippen molar-refractivity contribution in [3.8, 4) is 0 Å². The molecule has 0 spiro atoms. The molecule has 29 heavy (non-hydrogen) atoms. The highest BCUT2D eigenvalue weighted by molar-refractivity contribution is 7.99. The van der Waals surface area contributed by atoms with Crippen molar-refractivity contribution in [1.82, 2.24) is 24.1 Å². The Morgan fingerprint density at radius 3 is 2.48 bits per heavy atom. The second-order valence-corrected chi connectivity index (χ2v) is 8.14. The minimum atomic E-state index is -0.250. The van der Waals surface area contributed by atoms with Crippen LogP contribution in [-0.4, -0.2) is 48.8 Å². The lowest BCUT2D eigenvalue weighted by atomic mass is 10.2. The number of nitrogens with zero attached hydrogens (tertiary/aromatic N) is 5. The van der Waals surface area contributed by atoms with E-state index in [1.54, 1.807) is 12.1 Å². The number of rotatable bonds is 5. The predicted octanol–water partition coefficient (Wildman–Crippen LogP) is 3.59. The first-order valence-electron chi connectivity index (χ1n) is 9.68. The summed E-state index contributed by atoms with van der Waals surface area (Å²) in [5, 5.41) is 9.46. The Bertz CT molecular complexity index is 1180. The number of fused-ring (bicyclic) bond motifs is 3. The summed E-state index contributed by atoms with van der Waals surface area (Å²) in [6.07, 6.45) is 2.17. The number of aromatic nitrogens is 4. The van der Waals surface area contributed by atoms with Gasteiger partial charge in [0.05, 0.1) is 23.3 Å². The van der Waals surface area contributed by atoms with Crippen LogP contribution in [0.4, 0.5) is 4.39 Å². The monoisotopic (exact) mass is 409 g/mol. The molecule has 6 nitrogen and oxygen atoms in total. The van der Waals surface area contributed by atoms with E-state index < -0.39 is 0 Å². The van der Waals surface area contributed by atoms with Crippen LogP contribution in [0.1, 0.15) is 18.4 Å². The van der Waals surface area contributed by atoms with Crippen LogP contribution in [0, 0.1) is 5.82 Å². The molecule has 1 amide bonds. The summed E-state index contributed by atoms with van der Waals surface area (Å²) >= 11 is 1.42. The van der Waals surface area contributed by atoms with E-state index in [0.29, 0.717) is 23.2 Å². The molecule has 0 radical (unpaired) electrons. The van der Waals surface area contributed by atoms with Gasteiger partial charge in [-0.15, -0.1) is 10.2 Å². The first kappa shape index (κ1) is 18.2. The number of benzene rings is 2. The Labute approximate surface area is 171 Å². The van der Waals surface area contributed by atoms with Gasteiger partial charge in [0.15, 0.2) is 5.16 Å². The maximum absolute atomic E-state index is 13.3. The van der Waals surface area contributed by atoms with Gasteiger partial charge >= 0.3 is 0 Å². The molecule has 148 valence electrons. The summed E-state index contributed by atoms with van der Waals surface area (Å²) in [5.41, 5.74) is 3.00. The lowest BCUT2D eigenvalue weighted by Gasteiger charge is -2.13. The number of hydrogen-bond donors (Lipinski definition) is 0. The van der Waals surface area contributed by atoms with Crippen molar-refractivity contribution in [2.24, 2.45) is 0 Å². The molecule has 0 saturated carbocycles. The number of hydrogen-bond acceptors (Lipinski definition) is 4. The third-order valence-corrected chi connectivity index (χ3v) is 6.22. The van der Waals surface area contributed by atoms with Crippen LogP contribution in [0.2, 0.25) is 0 Å². The SMILES string of the molecule is O=C(CSc1nnc2n(Cc3ccc(F)cc3)c3ccccc3n12)N1CCCC1. The van der Waals surface area contributed by atoms with Gasteiger partial charge in [0.25, 0.3) is 0 Å². The van der Waals surface area contributed by atoms with Gasteiger partial charge in [-0.3, -0.25) is 9.20 Å². The molecule has 1 aliphatic rings. The van der Waals surface area contributed by atoms with Crippen molar-refractivity contribution in [3.63, 3.8) is 0 Å². The summed E-state index contributed by atoms with van der Waals surface area (Å²) in [5.74, 6) is 0.976. The summed E-state index contributed by atoms with van der Waals surface area (Å²) in [6, 6.07) is 14.5. The number of imidazole rings is 1. The molecule has 0 atom stereocenters. The van der Waals surface area contributed by atoms with Crippen molar-refractivity contribution in [1.29, 1.82) is 0 Å². The molecule has 0 aliphatic carbocycles. The highest BCUT2D eigenvalue weighted by atomic mass is 32.2. The Hall–Kier alpha value is -2.87. The van der Waals surface area contributed by atoms with Crippen LogP contribution in [0.25, 0.3) is 16.8 Å². The third-order valence-electron chi connectivity index (χ3n) is 5.31. The zero-order valence-corrected chi connectivity index (χ0v) is 16.6. The van der Waals surface area contributed by atoms with Gasteiger partial charge < -0.3 is 9.47 Å². The second kappa shape index (κ2) is 7.51. The van der Waals surface area contributed by atoms with E-state index in [2.05, 4.69) is 14.8 Å².